The zero-order chi connectivity index (χ0) is 18.1. The number of nitrogens with zero attached hydrogens (tertiary/aromatic N) is 2. The lowest BCUT2D eigenvalue weighted by atomic mass is 10.2. The van der Waals surface area contributed by atoms with Gasteiger partial charge in [0.05, 0.1) is 10.6 Å². The molecular weight excluding hydrogens is 322 g/mol. The Labute approximate surface area is 144 Å². The zero-order valence-electron chi connectivity index (χ0n) is 13.6. The van der Waals surface area contributed by atoms with E-state index >= 15 is 0 Å². The van der Waals surface area contributed by atoms with Crippen molar-refractivity contribution in [3.63, 3.8) is 0 Å². The maximum Gasteiger partial charge on any atom is 0.277 e. The summed E-state index contributed by atoms with van der Waals surface area (Å²) in [6.45, 7) is 1.52. The van der Waals surface area contributed by atoms with Crippen molar-refractivity contribution in [3.05, 3.63) is 76.4 Å². The van der Waals surface area contributed by atoms with Gasteiger partial charge in [-0.3, -0.25) is 14.9 Å². The van der Waals surface area contributed by atoms with Crippen molar-refractivity contribution in [2.24, 2.45) is 5.10 Å². The number of nitrogens with one attached hydrogen (secondary N) is 1. The van der Waals surface area contributed by atoms with Gasteiger partial charge < -0.3 is 4.74 Å². The van der Waals surface area contributed by atoms with Gasteiger partial charge in [-0.25, -0.2) is 5.43 Å². The highest BCUT2D eigenvalue weighted by molar-refractivity contribution is 5.97. The van der Waals surface area contributed by atoms with E-state index in [0.717, 1.165) is 5.56 Å². The third-order valence-corrected chi connectivity index (χ3v) is 3.09. The van der Waals surface area contributed by atoms with Crippen LogP contribution in [0, 0.1) is 10.1 Å². The van der Waals surface area contributed by atoms with Crippen molar-refractivity contribution in [3.8, 4) is 5.75 Å². The average molecular weight is 339 g/mol. The number of allylic oxidation sites excluding steroid dienone is 1. The predicted octanol–water partition coefficient (Wildman–Crippen LogP) is 3.18. The van der Waals surface area contributed by atoms with Crippen LogP contribution in [-0.2, 0) is 4.79 Å². The van der Waals surface area contributed by atoms with E-state index in [2.05, 4.69) is 10.5 Å². The Hall–Kier alpha value is -3.48. The molecule has 2 aromatic carbocycles. The van der Waals surface area contributed by atoms with E-state index in [1.165, 1.54) is 24.3 Å². The number of non-ortho nitro benzene ring substituents is 1. The van der Waals surface area contributed by atoms with E-state index in [1.54, 1.807) is 13.0 Å². The van der Waals surface area contributed by atoms with E-state index in [0.29, 0.717) is 11.5 Å². The molecule has 0 unspecified atom stereocenters. The van der Waals surface area contributed by atoms with Crippen LogP contribution in [0.25, 0.3) is 6.08 Å². The maximum atomic E-state index is 11.7. The highest BCUT2D eigenvalue weighted by Crippen LogP contribution is 2.16. The molecule has 2 rings (SSSR count). The smallest absolute Gasteiger partial charge is 0.277 e. The van der Waals surface area contributed by atoms with Gasteiger partial charge in [0.25, 0.3) is 11.6 Å². The second kappa shape index (κ2) is 8.97. The van der Waals surface area contributed by atoms with Crippen molar-refractivity contribution in [2.45, 2.75) is 6.92 Å². The number of ether oxygens (including phenoxy) is 1. The fourth-order valence-corrected chi connectivity index (χ4v) is 1.81. The predicted molar refractivity (Wildman–Crippen MR) is 95.3 cm³/mol. The summed E-state index contributed by atoms with van der Waals surface area (Å²) in [5.41, 5.74) is 4.01. The zero-order valence-corrected chi connectivity index (χ0v) is 13.6. The van der Waals surface area contributed by atoms with Gasteiger partial charge in [0, 0.05) is 12.1 Å². The molecule has 0 bridgehead atoms. The van der Waals surface area contributed by atoms with Crippen LogP contribution in [0.2, 0.25) is 0 Å². The second-order valence-electron chi connectivity index (χ2n) is 5.07. The minimum Gasteiger partial charge on any atom is -0.484 e. The van der Waals surface area contributed by atoms with Crippen LogP contribution >= 0.6 is 0 Å². The van der Waals surface area contributed by atoms with Crippen LogP contribution < -0.4 is 10.2 Å². The summed E-state index contributed by atoms with van der Waals surface area (Å²) in [6, 6.07) is 15.2. The van der Waals surface area contributed by atoms with Gasteiger partial charge in [0.1, 0.15) is 5.75 Å². The van der Waals surface area contributed by atoms with Crippen LogP contribution in [0.4, 0.5) is 5.69 Å². The molecule has 128 valence electrons. The molecule has 0 aliphatic carbocycles. The summed E-state index contributed by atoms with van der Waals surface area (Å²) in [5, 5.41) is 14.5. The molecule has 0 aromatic heterocycles. The van der Waals surface area contributed by atoms with Crippen molar-refractivity contribution >= 4 is 23.4 Å². The van der Waals surface area contributed by atoms with Crippen LogP contribution in [0.1, 0.15) is 12.5 Å². The first-order valence-corrected chi connectivity index (χ1v) is 7.48. The molecule has 1 N–H and O–H groups in total. The van der Waals surface area contributed by atoms with Gasteiger partial charge in [0.15, 0.2) is 6.61 Å². The van der Waals surface area contributed by atoms with Crippen molar-refractivity contribution in [2.75, 3.05) is 6.61 Å². The normalized spacial score (nSPS) is 11.3. The Bertz CT molecular complexity index is 784. The number of hydrazone groups is 1. The van der Waals surface area contributed by atoms with Gasteiger partial charge in [-0.15, -0.1) is 0 Å². The molecule has 1 amide bonds. The molecular formula is C18H17N3O4. The van der Waals surface area contributed by atoms with Crippen molar-refractivity contribution in [1.29, 1.82) is 0 Å². The summed E-state index contributed by atoms with van der Waals surface area (Å²) in [7, 11) is 0. The molecule has 0 aliphatic heterocycles. The minimum atomic E-state index is -0.503. The number of hydrogen-bond acceptors (Lipinski definition) is 5. The summed E-state index contributed by atoms with van der Waals surface area (Å²) in [5.74, 6) is -0.0590. The van der Waals surface area contributed by atoms with E-state index < -0.39 is 10.8 Å². The van der Waals surface area contributed by atoms with Crippen LogP contribution in [0.15, 0.2) is 65.8 Å². The Balaban J connectivity index is 1.79. The first-order valence-electron chi connectivity index (χ1n) is 7.48. The highest BCUT2D eigenvalue weighted by Gasteiger charge is 2.06. The number of rotatable bonds is 7. The third kappa shape index (κ3) is 6.26. The van der Waals surface area contributed by atoms with E-state index in [-0.39, 0.29) is 12.3 Å². The summed E-state index contributed by atoms with van der Waals surface area (Å²) >= 11 is 0. The van der Waals surface area contributed by atoms with Crippen molar-refractivity contribution < 1.29 is 14.5 Å². The Morgan fingerprint density at radius 1 is 1.20 bits per heavy atom. The molecule has 7 nitrogen and oxygen atoms in total. The number of carbonyl (C=O) groups excluding carboxylic acids is 1. The maximum absolute atomic E-state index is 11.7. The quantitative estimate of drug-likeness (QED) is 0.476. The molecule has 0 saturated heterocycles. The minimum absolute atomic E-state index is 0.0396. The lowest BCUT2D eigenvalue weighted by Crippen LogP contribution is -2.25. The van der Waals surface area contributed by atoms with Gasteiger partial charge in [-0.05, 0) is 30.7 Å². The number of nitro benzene ring substituents is 1. The molecule has 0 heterocycles. The van der Waals surface area contributed by atoms with Gasteiger partial charge >= 0.3 is 0 Å². The molecule has 25 heavy (non-hydrogen) atoms. The first-order chi connectivity index (χ1) is 12.0. The molecule has 0 aliphatic rings. The van der Waals surface area contributed by atoms with Gasteiger partial charge in [-0.2, -0.15) is 5.10 Å². The lowest BCUT2D eigenvalue weighted by molar-refractivity contribution is -0.384. The van der Waals surface area contributed by atoms with E-state index in [4.69, 9.17) is 4.74 Å². The van der Waals surface area contributed by atoms with E-state index in [1.807, 2.05) is 36.4 Å². The molecule has 0 atom stereocenters. The lowest BCUT2D eigenvalue weighted by Gasteiger charge is -2.04. The Kier molecular flexibility index (Phi) is 6.41. The monoisotopic (exact) mass is 339 g/mol. The fourth-order valence-electron chi connectivity index (χ4n) is 1.81. The molecule has 7 heteroatoms. The molecule has 0 fully saturated rings. The number of carbonyl (C=O) groups is 1. The Morgan fingerprint density at radius 3 is 2.52 bits per heavy atom. The fraction of sp³-hybridized carbons (Fsp3) is 0.111. The molecule has 0 spiro atoms. The summed E-state index contributed by atoms with van der Waals surface area (Å²) in [4.78, 5) is 21.7. The molecule has 2 aromatic rings. The van der Waals surface area contributed by atoms with Crippen molar-refractivity contribution in [1.82, 2.24) is 5.43 Å². The summed E-state index contributed by atoms with van der Waals surface area (Å²) in [6.07, 6.45) is 3.67. The van der Waals surface area contributed by atoms with Crippen LogP contribution in [0.3, 0.4) is 0 Å². The average Bonchev–Trinajstić information content (AvgIpc) is 2.64. The highest BCUT2D eigenvalue weighted by atomic mass is 16.6. The second-order valence-corrected chi connectivity index (χ2v) is 5.07. The largest absolute Gasteiger partial charge is 0.484 e. The molecule has 0 radical (unpaired) electrons. The van der Waals surface area contributed by atoms with Crippen LogP contribution in [0.5, 0.6) is 5.75 Å². The first kappa shape index (κ1) is 17.9. The standard InChI is InChI=1S/C18H17N3O4/c1-14(7-8-15-5-3-2-4-6-15)19-20-18(22)13-25-17-11-9-16(10-12-17)21(23)24/h2-12H,13H2,1H3,(H,20,22)/b8-7+,19-14-. The Morgan fingerprint density at radius 2 is 1.88 bits per heavy atom. The number of amides is 1. The van der Waals surface area contributed by atoms with E-state index in [9.17, 15) is 14.9 Å². The van der Waals surface area contributed by atoms with Gasteiger partial charge in [0.2, 0.25) is 0 Å². The van der Waals surface area contributed by atoms with Crippen LogP contribution in [-0.4, -0.2) is 23.1 Å². The number of nitro groups is 1. The molecule has 0 saturated carbocycles. The summed E-state index contributed by atoms with van der Waals surface area (Å²) < 4.78 is 5.24. The SMILES string of the molecule is CC(/C=C/c1ccccc1)=N/NC(=O)COc1ccc([N+](=O)[O-])cc1. The number of hydrogen-bond donors (Lipinski definition) is 1. The van der Waals surface area contributed by atoms with Gasteiger partial charge in [-0.1, -0.05) is 36.4 Å². The topological polar surface area (TPSA) is 93.8 Å². The number of benzene rings is 2. The third-order valence-electron chi connectivity index (χ3n) is 3.09.